The summed E-state index contributed by atoms with van der Waals surface area (Å²) in [4.78, 5) is 13.4. The quantitative estimate of drug-likeness (QED) is 0.855. The van der Waals surface area contributed by atoms with Crippen LogP contribution in [0.3, 0.4) is 0 Å². The maximum Gasteiger partial charge on any atom is 0.243 e. The fourth-order valence-corrected chi connectivity index (χ4v) is 1.59. The molecular weight excluding hydrogens is 219 g/mol. The molecule has 3 nitrogen and oxygen atoms in total. The third kappa shape index (κ3) is 3.82. The zero-order chi connectivity index (χ0) is 12.8. The minimum absolute atomic E-state index is 0.134. The summed E-state index contributed by atoms with van der Waals surface area (Å²) in [7, 11) is 1.65. The lowest BCUT2D eigenvalue weighted by Crippen LogP contribution is -2.41. The molecule has 94 valence electrons. The summed E-state index contributed by atoms with van der Waals surface area (Å²) in [5.41, 5.74) is 6.46. The largest absolute Gasteiger partial charge is 0.320 e. The minimum Gasteiger partial charge on any atom is -0.320 e. The summed E-state index contributed by atoms with van der Waals surface area (Å²) in [5, 5.41) is 0. The van der Waals surface area contributed by atoms with Gasteiger partial charge >= 0.3 is 0 Å². The van der Waals surface area contributed by atoms with E-state index in [-0.39, 0.29) is 11.7 Å². The fourth-order valence-electron chi connectivity index (χ4n) is 1.59. The Kier molecular flexibility index (Phi) is 5.10. The number of hydrogen-bond acceptors (Lipinski definition) is 2. The number of rotatable bonds is 5. The lowest BCUT2D eigenvalue weighted by atomic mass is 10.1. The molecular formula is C13H19FN2O. The Morgan fingerprint density at radius 3 is 2.53 bits per heavy atom. The van der Waals surface area contributed by atoms with Crippen molar-refractivity contribution in [2.75, 3.05) is 11.9 Å². The van der Waals surface area contributed by atoms with Crippen molar-refractivity contribution in [1.29, 1.82) is 0 Å². The zero-order valence-corrected chi connectivity index (χ0v) is 10.3. The summed E-state index contributed by atoms with van der Waals surface area (Å²) in [6.07, 6.45) is 2.63. The van der Waals surface area contributed by atoms with Gasteiger partial charge in [-0.15, -0.1) is 0 Å². The summed E-state index contributed by atoms with van der Waals surface area (Å²) < 4.78 is 12.7. The van der Waals surface area contributed by atoms with Crippen molar-refractivity contribution in [2.45, 2.75) is 32.2 Å². The minimum atomic E-state index is -0.481. The molecule has 1 amide bonds. The molecule has 0 aromatic heterocycles. The van der Waals surface area contributed by atoms with E-state index in [9.17, 15) is 9.18 Å². The first kappa shape index (κ1) is 13.6. The predicted octanol–water partition coefficient (Wildman–Crippen LogP) is 2.31. The Hall–Kier alpha value is -1.42. The number of anilines is 1. The number of benzene rings is 1. The number of hydrogen-bond donors (Lipinski definition) is 1. The average molecular weight is 238 g/mol. The molecule has 4 heteroatoms. The van der Waals surface area contributed by atoms with Crippen molar-refractivity contribution in [1.82, 2.24) is 0 Å². The molecule has 0 aliphatic carbocycles. The van der Waals surface area contributed by atoms with Crippen LogP contribution in [0.2, 0.25) is 0 Å². The molecule has 0 unspecified atom stereocenters. The van der Waals surface area contributed by atoms with Gasteiger partial charge in [0.25, 0.3) is 0 Å². The first-order chi connectivity index (χ1) is 8.06. The van der Waals surface area contributed by atoms with E-state index in [4.69, 9.17) is 5.73 Å². The molecule has 0 radical (unpaired) electrons. The molecule has 2 N–H and O–H groups in total. The van der Waals surface area contributed by atoms with Gasteiger partial charge in [-0.3, -0.25) is 4.79 Å². The van der Waals surface area contributed by atoms with Crippen LogP contribution in [-0.4, -0.2) is 19.0 Å². The number of halogens is 1. The summed E-state index contributed by atoms with van der Waals surface area (Å²) in [6.45, 7) is 2.06. The molecule has 1 atom stereocenters. The predicted molar refractivity (Wildman–Crippen MR) is 67.3 cm³/mol. The van der Waals surface area contributed by atoms with Crippen LogP contribution < -0.4 is 10.6 Å². The highest BCUT2D eigenvalue weighted by atomic mass is 19.1. The standard InChI is InChI=1S/C13H19FN2O/c1-3-4-5-12(15)13(17)16(2)11-8-6-10(14)7-9-11/h6-9,12H,3-5,15H2,1-2H3/t12-/m0/s1. The SMILES string of the molecule is CCCC[C@H](N)C(=O)N(C)c1ccc(F)cc1. The van der Waals surface area contributed by atoms with E-state index in [0.717, 1.165) is 12.8 Å². The van der Waals surface area contributed by atoms with Gasteiger partial charge in [-0.25, -0.2) is 4.39 Å². The summed E-state index contributed by atoms with van der Waals surface area (Å²) in [5.74, 6) is -0.449. The molecule has 0 saturated heterocycles. The molecule has 17 heavy (non-hydrogen) atoms. The van der Waals surface area contributed by atoms with Gasteiger partial charge in [0.15, 0.2) is 0 Å². The first-order valence-electron chi connectivity index (χ1n) is 5.85. The van der Waals surface area contributed by atoms with Crippen molar-refractivity contribution < 1.29 is 9.18 Å². The zero-order valence-electron chi connectivity index (χ0n) is 10.3. The second-order valence-corrected chi connectivity index (χ2v) is 4.12. The van der Waals surface area contributed by atoms with Crippen LogP contribution in [0.5, 0.6) is 0 Å². The Labute approximate surface area is 101 Å². The maximum absolute atomic E-state index is 12.7. The normalized spacial score (nSPS) is 12.2. The highest BCUT2D eigenvalue weighted by Gasteiger charge is 2.18. The molecule has 1 aromatic carbocycles. The number of nitrogens with two attached hydrogens (primary N) is 1. The average Bonchev–Trinajstić information content (AvgIpc) is 2.35. The molecule has 0 heterocycles. The Morgan fingerprint density at radius 2 is 2.00 bits per heavy atom. The first-order valence-corrected chi connectivity index (χ1v) is 5.85. The number of carbonyl (C=O) groups is 1. The maximum atomic E-state index is 12.7. The van der Waals surface area contributed by atoms with Crippen LogP contribution in [0.4, 0.5) is 10.1 Å². The molecule has 0 aliphatic heterocycles. The molecule has 0 spiro atoms. The van der Waals surface area contributed by atoms with Gasteiger partial charge < -0.3 is 10.6 Å². The van der Waals surface area contributed by atoms with E-state index in [1.54, 1.807) is 19.2 Å². The smallest absolute Gasteiger partial charge is 0.243 e. The van der Waals surface area contributed by atoms with Gasteiger partial charge in [-0.2, -0.15) is 0 Å². The van der Waals surface area contributed by atoms with Crippen molar-refractivity contribution in [3.8, 4) is 0 Å². The van der Waals surface area contributed by atoms with E-state index in [0.29, 0.717) is 12.1 Å². The van der Waals surface area contributed by atoms with E-state index in [1.807, 2.05) is 0 Å². The van der Waals surface area contributed by atoms with Crippen LogP contribution in [-0.2, 0) is 4.79 Å². The number of nitrogens with zero attached hydrogens (tertiary/aromatic N) is 1. The summed E-state index contributed by atoms with van der Waals surface area (Å²) in [6, 6.07) is 5.32. The van der Waals surface area contributed by atoms with Crippen LogP contribution in [0.25, 0.3) is 0 Å². The van der Waals surface area contributed by atoms with Crippen molar-refractivity contribution in [3.63, 3.8) is 0 Å². The number of unbranched alkanes of at least 4 members (excludes halogenated alkanes) is 1. The van der Waals surface area contributed by atoms with Crippen molar-refractivity contribution in [3.05, 3.63) is 30.1 Å². The Balaban J connectivity index is 2.65. The lowest BCUT2D eigenvalue weighted by Gasteiger charge is -2.21. The van der Waals surface area contributed by atoms with Crippen LogP contribution >= 0.6 is 0 Å². The van der Waals surface area contributed by atoms with Crippen LogP contribution in [0.1, 0.15) is 26.2 Å². The highest BCUT2D eigenvalue weighted by Crippen LogP contribution is 2.14. The monoisotopic (exact) mass is 238 g/mol. The lowest BCUT2D eigenvalue weighted by molar-refractivity contribution is -0.119. The molecule has 0 aliphatic rings. The number of amides is 1. The van der Waals surface area contributed by atoms with Gasteiger partial charge in [-0.1, -0.05) is 19.8 Å². The topological polar surface area (TPSA) is 46.3 Å². The van der Waals surface area contributed by atoms with Gasteiger partial charge in [0.05, 0.1) is 6.04 Å². The second kappa shape index (κ2) is 6.35. The molecule has 0 saturated carbocycles. The Bertz CT molecular complexity index is 364. The van der Waals surface area contributed by atoms with Crippen molar-refractivity contribution >= 4 is 11.6 Å². The van der Waals surface area contributed by atoms with Crippen LogP contribution in [0.15, 0.2) is 24.3 Å². The van der Waals surface area contributed by atoms with E-state index < -0.39 is 6.04 Å². The second-order valence-electron chi connectivity index (χ2n) is 4.12. The van der Waals surface area contributed by atoms with Crippen LogP contribution in [0, 0.1) is 5.82 Å². The van der Waals surface area contributed by atoms with Gasteiger partial charge in [-0.05, 0) is 30.7 Å². The third-order valence-corrected chi connectivity index (χ3v) is 2.73. The number of carbonyl (C=O) groups excluding carboxylic acids is 1. The third-order valence-electron chi connectivity index (χ3n) is 2.73. The fraction of sp³-hybridized carbons (Fsp3) is 0.462. The van der Waals surface area contributed by atoms with E-state index >= 15 is 0 Å². The summed E-state index contributed by atoms with van der Waals surface area (Å²) >= 11 is 0. The van der Waals surface area contributed by atoms with Gasteiger partial charge in [0.1, 0.15) is 5.82 Å². The molecule has 0 fully saturated rings. The number of likely N-dealkylation sites (N-methyl/N-ethyl adjacent to an activating group) is 1. The van der Waals surface area contributed by atoms with Crippen molar-refractivity contribution in [2.24, 2.45) is 5.73 Å². The molecule has 1 rings (SSSR count). The highest BCUT2D eigenvalue weighted by molar-refractivity contribution is 5.96. The van der Waals surface area contributed by atoms with E-state index in [1.165, 1.54) is 17.0 Å². The molecule has 1 aromatic rings. The van der Waals surface area contributed by atoms with Gasteiger partial charge in [0.2, 0.25) is 5.91 Å². The van der Waals surface area contributed by atoms with Gasteiger partial charge in [0, 0.05) is 12.7 Å². The Morgan fingerprint density at radius 1 is 1.41 bits per heavy atom. The molecule has 0 bridgehead atoms. The van der Waals surface area contributed by atoms with E-state index in [2.05, 4.69) is 6.92 Å².